The number of nitrogens with one attached hydrogen (secondary N) is 1. The average Bonchev–Trinajstić information content (AvgIpc) is 2.39. The Bertz CT molecular complexity index is 615. The molecule has 20 heavy (non-hydrogen) atoms. The molecule has 0 spiro atoms. The largest absolute Gasteiger partial charge is 0.508 e. The van der Waals surface area contributed by atoms with E-state index in [0.29, 0.717) is 6.54 Å². The van der Waals surface area contributed by atoms with Crippen LogP contribution in [0, 0.1) is 12.7 Å². The van der Waals surface area contributed by atoms with Crippen LogP contribution in [0.15, 0.2) is 40.9 Å². The molecule has 106 valence electrons. The van der Waals surface area contributed by atoms with Gasteiger partial charge in [0.25, 0.3) is 0 Å². The summed E-state index contributed by atoms with van der Waals surface area (Å²) in [4.78, 5) is 0. The molecule has 1 atom stereocenters. The number of rotatable bonds is 4. The second-order valence-corrected chi connectivity index (χ2v) is 5.75. The normalized spacial score (nSPS) is 12.4. The summed E-state index contributed by atoms with van der Waals surface area (Å²) < 4.78 is 14.1. The summed E-state index contributed by atoms with van der Waals surface area (Å²) in [5, 5.41) is 13.2. The van der Waals surface area contributed by atoms with Crippen molar-refractivity contribution in [3.63, 3.8) is 0 Å². The standard InChI is InChI=1S/C16H17BrFNO/c1-10-3-5-14(16(20)7-10)11(2)19-9-12-8-13(18)4-6-15(12)17/h3-8,11,19-20H,9H2,1-2H3. The van der Waals surface area contributed by atoms with Crippen molar-refractivity contribution in [2.45, 2.75) is 26.4 Å². The van der Waals surface area contributed by atoms with Gasteiger partial charge in [0.1, 0.15) is 11.6 Å². The van der Waals surface area contributed by atoms with Gasteiger partial charge in [-0.2, -0.15) is 0 Å². The summed E-state index contributed by atoms with van der Waals surface area (Å²) in [7, 11) is 0. The maximum Gasteiger partial charge on any atom is 0.123 e. The van der Waals surface area contributed by atoms with Crippen LogP contribution in [0.2, 0.25) is 0 Å². The predicted molar refractivity (Wildman–Crippen MR) is 82.2 cm³/mol. The first-order chi connectivity index (χ1) is 9.47. The van der Waals surface area contributed by atoms with Gasteiger partial charge in [-0.05, 0) is 49.2 Å². The van der Waals surface area contributed by atoms with Crippen LogP contribution in [0.5, 0.6) is 5.75 Å². The number of hydrogen-bond donors (Lipinski definition) is 2. The lowest BCUT2D eigenvalue weighted by molar-refractivity contribution is 0.451. The number of aromatic hydroxyl groups is 1. The molecular formula is C16H17BrFNO. The number of benzene rings is 2. The van der Waals surface area contributed by atoms with E-state index in [0.717, 1.165) is 21.2 Å². The van der Waals surface area contributed by atoms with Gasteiger partial charge in [0.05, 0.1) is 0 Å². The Morgan fingerprint density at radius 2 is 2.00 bits per heavy atom. The fourth-order valence-corrected chi connectivity index (χ4v) is 2.46. The topological polar surface area (TPSA) is 32.3 Å². The van der Waals surface area contributed by atoms with Crippen molar-refractivity contribution in [1.82, 2.24) is 5.32 Å². The molecule has 2 aromatic carbocycles. The Kier molecular flexibility index (Phi) is 4.78. The zero-order chi connectivity index (χ0) is 14.7. The van der Waals surface area contributed by atoms with Gasteiger partial charge in [-0.15, -0.1) is 0 Å². The Morgan fingerprint density at radius 3 is 2.70 bits per heavy atom. The molecule has 2 N–H and O–H groups in total. The molecule has 0 bridgehead atoms. The van der Waals surface area contributed by atoms with Crippen LogP contribution in [0.1, 0.15) is 29.7 Å². The van der Waals surface area contributed by atoms with E-state index >= 15 is 0 Å². The molecular weight excluding hydrogens is 321 g/mol. The van der Waals surface area contributed by atoms with Crippen molar-refractivity contribution in [2.75, 3.05) is 0 Å². The van der Waals surface area contributed by atoms with Crippen LogP contribution < -0.4 is 5.32 Å². The summed E-state index contributed by atoms with van der Waals surface area (Å²) in [6, 6.07) is 10.2. The predicted octanol–water partition coefficient (Wildman–Crippen LogP) is 4.45. The fraction of sp³-hybridized carbons (Fsp3) is 0.250. The Morgan fingerprint density at radius 1 is 1.25 bits per heavy atom. The quantitative estimate of drug-likeness (QED) is 0.863. The lowest BCUT2D eigenvalue weighted by Crippen LogP contribution is -2.18. The Labute approximate surface area is 126 Å². The van der Waals surface area contributed by atoms with Crippen LogP contribution in [0.3, 0.4) is 0 Å². The van der Waals surface area contributed by atoms with Crippen LogP contribution in [0.25, 0.3) is 0 Å². The smallest absolute Gasteiger partial charge is 0.123 e. The van der Waals surface area contributed by atoms with E-state index in [1.165, 1.54) is 12.1 Å². The van der Waals surface area contributed by atoms with Gasteiger partial charge in [-0.1, -0.05) is 28.1 Å². The van der Waals surface area contributed by atoms with Gasteiger partial charge >= 0.3 is 0 Å². The zero-order valence-corrected chi connectivity index (χ0v) is 13.0. The van der Waals surface area contributed by atoms with E-state index in [4.69, 9.17) is 0 Å². The molecule has 1 unspecified atom stereocenters. The Balaban J connectivity index is 2.08. The van der Waals surface area contributed by atoms with E-state index in [2.05, 4.69) is 21.2 Å². The van der Waals surface area contributed by atoms with E-state index < -0.39 is 0 Å². The van der Waals surface area contributed by atoms with Gasteiger partial charge in [0.15, 0.2) is 0 Å². The fourth-order valence-electron chi connectivity index (χ4n) is 2.07. The number of halogens is 2. The SMILES string of the molecule is Cc1ccc(C(C)NCc2cc(F)ccc2Br)c(O)c1. The highest BCUT2D eigenvalue weighted by molar-refractivity contribution is 9.10. The number of aryl methyl sites for hydroxylation is 1. The summed E-state index contributed by atoms with van der Waals surface area (Å²) in [5.74, 6) is 0.0270. The minimum absolute atomic E-state index is 0.0224. The molecule has 0 heterocycles. The van der Waals surface area contributed by atoms with E-state index in [1.54, 1.807) is 12.1 Å². The lowest BCUT2D eigenvalue weighted by Gasteiger charge is -2.16. The molecule has 0 radical (unpaired) electrons. The van der Waals surface area contributed by atoms with Crippen molar-refractivity contribution in [3.8, 4) is 5.75 Å². The molecule has 2 aromatic rings. The summed E-state index contributed by atoms with van der Waals surface area (Å²) in [6.45, 7) is 4.43. The van der Waals surface area contributed by atoms with Crippen LogP contribution >= 0.6 is 15.9 Å². The van der Waals surface area contributed by atoms with E-state index in [1.807, 2.05) is 26.0 Å². The summed E-state index contributed by atoms with van der Waals surface area (Å²) in [6.07, 6.45) is 0. The Hall–Kier alpha value is -1.39. The zero-order valence-electron chi connectivity index (χ0n) is 11.5. The minimum atomic E-state index is -0.254. The van der Waals surface area contributed by atoms with E-state index in [-0.39, 0.29) is 17.6 Å². The number of hydrogen-bond acceptors (Lipinski definition) is 2. The molecule has 0 fully saturated rings. The maximum absolute atomic E-state index is 13.2. The van der Waals surface area contributed by atoms with Crippen LogP contribution in [-0.4, -0.2) is 5.11 Å². The molecule has 2 nitrogen and oxygen atoms in total. The van der Waals surface area contributed by atoms with Crippen molar-refractivity contribution < 1.29 is 9.50 Å². The molecule has 0 aliphatic heterocycles. The molecule has 2 rings (SSSR count). The molecule has 4 heteroatoms. The third kappa shape index (κ3) is 3.58. The van der Waals surface area contributed by atoms with E-state index in [9.17, 15) is 9.50 Å². The molecule has 0 aliphatic carbocycles. The monoisotopic (exact) mass is 337 g/mol. The third-order valence-electron chi connectivity index (χ3n) is 3.26. The minimum Gasteiger partial charge on any atom is -0.508 e. The third-order valence-corrected chi connectivity index (χ3v) is 4.03. The first-order valence-corrected chi connectivity index (χ1v) is 7.23. The van der Waals surface area contributed by atoms with Crippen LogP contribution in [-0.2, 0) is 6.54 Å². The molecule has 0 aromatic heterocycles. The highest BCUT2D eigenvalue weighted by atomic mass is 79.9. The van der Waals surface area contributed by atoms with Crippen molar-refractivity contribution in [3.05, 3.63) is 63.4 Å². The second-order valence-electron chi connectivity index (χ2n) is 4.90. The molecule has 0 aliphatic rings. The first-order valence-electron chi connectivity index (χ1n) is 6.44. The highest BCUT2D eigenvalue weighted by Gasteiger charge is 2.11. The average molecular weight is 338 g/mol. The second kappa shape index (κ2) is 6.37. The lowest BCUT2D eigenvalue weighted by atomic mass is 10.0. The van der Waals surface area contributed by atoms with Crippen LogP contribution in [0.4, 0.5) is 4.39 Å². The maximum atomic E-state index is 13.2. The molecule has 0 saturated heterocycles. The van der Waals surface area contributed by atoms with Gasteiger partial charge in [-0.25, -0.2) is 4.39 Å². The summed E-state index contributed by atoms with van der Waals surface area (Å²) >= 11 is 3.40. The van der Waals surface area contributed by atoms with Gasteiger partial charge in [0, 0.05) is 22.6 Å². The van der Waals surface area contributed by atoms with Gasteiger partial charge in [0.2, 0.25) is 0 Å². The molecule has 0 saturated carbocycles. The van der Waals surface area contributed by atoms with Crippen molar-refractivity contribution in [2.24, 2.45) is 0 Å². The summed E-state index contributed by atoms with van der Waals surface area (Å²) in [5.41, 5.74) is 2.71. The van der Waals surface area contributed by atoms with Crippen molar-refractivity contribution in [1.29, 1.82) is 0 Å². The highest BCUT2D eigenvalue weighted by Crippen LogP contribution is 2.26. The van der Waals surface area contributed by atoms with Gasteiger partial charge in [-0.3, -0.25) is 0 Å². The van der Waals surface area contributed by atoms with Gasteiger partial charge < -0.3 is 10.4 Å². The van der Waals surface area contributed by atoms with Crippen molar-refractivity contribution >= 4 is 15.9 Å². The first kappa shape index (κ1) is 15.0. The number of phenolic OH excluding ortho intramolecular Hbond substituents is 1. The number of phenols is 1. The molecule has 0 amide bonds.